The van der Waals surface area contributed by atoms with Gasteiger partial charge in [0.15, 0.2) is 6.29 Å². The van der Waals surface area contributed by atoms with E-state index in [-0.39, 0.29) is 0 Å². The highest BCUT2D eigenvalue weighted by atomic mass is 16.6. The van der Waals surface area contributed by atoms with Crippen LogP contribution in [0.5, 0.6) is 0 Å². The molecule has 0 spiro atoms. The molecule has 0 aromatic carbocycles. The fourth-order valence-electron chi connectivity index (χ4n) is 1.91. The lowest BCUT2D eigenvalue weighted by Crippen LogP contribution is -2.15. The molecular formula is C18H31N3O2. The van der Waals surface area contributed by atoms with E-state index in [9.17, 15) is 5.11 Å². The van der Waals surface area contributed by atoms with Gasteiger partial charge in [-0.2, -0.15) is 0 Å². The third kappa shape index (κ3) is 7.39. The predicted octanol–water partition coefficient (Wildman–Crippen LogP) is 3.52. The zero-order chi connectivity index (χ0) is 18.2. The first-order chi connectivity index (χ1) is 10.6. The molecule has 1 unspecified atom stereocenters. The first-order valence-electron chi connectivity index (χ1n) is 7.78. The molecule has 23 heavy (non-hydrogen) atoms. The van der Waals surface area contributed by atoms with Crippen LogP contribution >= 0.6 is 0 Å². The fraction of sp³-hybridized carbons (Fsp3) is 0.556. The van der Waals surface area contributed by atoms with Crippen LogP contribution in [0.15, 0.2) is 35.1 Å². The highest BCUT2D eigenvalue weighted by Gasteiger charge is 2.11. The monoisotopic (exact) mass is 321 g/mol. The number of hydrogen-bond donors (Lipinski definition) is 3. The Balaban J connectivity index is 4.97. The second kappa shape index (κ2) is 10.1. The van der Waals surface area contributed by atoms with Gasteiger partial charge in [-0.3, -0.25) is 0 Å². The molecule has 0 fully saturated rings. The first kappa shape index (κ1) is 21.3. The topological polar surface area (TPSA) is 80.4 Å². The molecule has 0 heterocycles. The SMILES string of the molecule is C=C(CCC(=N)/C(C)=C/C(C(C)=N)=C(\C)N(C)C)C(O)OCC. The van der Waals surface area contributed by atoms with Crippen LogP contribution in [-0.4, -0.2) is 48.4 Å². The molecule has 5 heteroatoms. The zero-order valence-corrected chi connectivity index (χ0v) is 15.3. The number of allylic oxidation sites excluding steroid dienone is 4. The van der Waals surface area contributed by atoms with Gasteiger partial charge in [0.05, 0.1) is 0 Å². The molecule has 3 N–H and O–H groups in total. The molecule has 5 nitrogen and oxygen atoms in total. The van der Waals surface area contributed by atoms with E-state index in [2.05, 4.69) is 6.58 Å². The van der Waals surface area contributed by atoms with E-state index >= 15 is 0 Å². The normalized spacial score (nSPS) is 14.1. The van der Waals surface area contributed by atoms with Crippen LogP contribution in [0.3, 0.4) is 0 Å². The molecule has 130 valence electrons. The summed E-state index contributed by atoms with van der Waals surface area (Å²) < 4.78 is 5.08. The summed E-state index contributed by atoms with van der Waals surface area (Å²) >= 11 is 0. The van der Waals surface area contributed by atoms with Gasteiger partial charge >= 0.3 is 0 Å². The van der Waals surface area contributed by atoms with Crippen LogP contribution in [0.4, 0.5) is 0 Å². The van der Waals surface area contributed by atoms with Crippen molar-refractivity contribution in [2.24, 2.45) is 0 Å². The zero-order valence-electron chi connectivity index (χ0n) is 15.3. The van der Waals surface area contributed by atoms with E-state index in [1.54, 1.807) is 6.92 Å². The summed E-state index contributed by atoms with van der Waals surface area (Å²) in [7, 11) is 3.87. The van der Waals surface area contributed by atoms with E-state index in [0.717, 1.165) is 16.8 Å². The Morgan fingerprint density at radius 3 is 2.22 bits per heavy atom. The number of aliphatic hydroxyl groups excluding tert-OH is 1. The lowest BCUT2D eigenvalue weighted by atomic mass is 9.99. The van der Waals surface area contributed by atoms with Crippen LogP contribution in [0.25, 0.3) is 0 Å². The van der Waals surface area contributed by atoms with Crippen molar-refractivity contribution in [3.63, 3.8) is 0 Å². The van der Waals surface area contributed by atoms with E-state index in [1.807, 2.05) is 45.8 Å². The van der Waals surface area contributed by atoms with Crippen LogP contribution in [-0.2, 0) is 4.74 Å². The average molecular weight is 321 g/mol. The van der Waals surface area contributed by atoms with Crippen LogP contribution in [0, 0.1) is 10.8 Å². The number of nitrogens with zero attached hydrogens (tertiary/aromatic N) is 1. The largest absolute Gasteiger partial charge is 0.381 e. The minimum atomic E-state index is -0.965. The van der Waals surface area contributed by atoms with Gasteiger partial charge in [0.25, 0.3) is 0 Å². The molecule has 0 bridgehead atoms. The molecule has 0 aromatic rings. The van der Waals surface area contributed by atoms with Crippen LogP contribution < -0.4 is 0 Å². The summed E-state index contributed by atoms with van der Waals surface area (Å²) in [5.41, 5.74) is 4.14. The lowest BCUT2D eigenvalue weighted by molar-refractivity contribution is -0.0684. The minimum Gasteiger partial charge on any atom is -0.381 e. The van der Waals surface area contributed by atoms with Crippen molar-refractivity contribution in [1.29, 1.82) is 10.8 Å². The molecule has 0 radical (unpaired) electrons. The van der Waals surface area contributed by atoms with E-state index in [1.165, 1.54) is 0 Å². The van der Waals surface area contributed by atoms with Crippen molar-refractivity contribution < 1.29 is 9.84 Å². The van der Waals surface area contributed by atoms with Crippen molar-refractivity contribution in [1.82, 2.24) is 4.90 Å². The molecule has 0 aromatic heterocycles. The summed E-state index contributed by atoms with van der Waals surface area (Å²) in [5.74, 6) is 0. The number of nitrogens with one attached hydrogen (secondary N) is 2. The highest BCUT2D eigenvalue weighted by molar-refractivity contribution is 6.03. The van der Waals surface area contributed by atoms with Gasteiger partial charge in [-0.25, -0.2) is 0 Å². The molecule has 0 aliphatic rings. The predicted molar refractivity (Wildman–Crippen MR) is 97.3 cm³/mol. The van der Waals surface area contributed by atoms with E-state index < -0.39 is 6.29 Å². The van der Waals surface area contributed by atoms with Crippen molar-refractivity contribution in [3.05, 3.63) is 35.1 Å². The van der Waals surface area contributed by atoms with Gasteiger partial charge in [-0.15, -0.1) is 0 Å². The summed E-state index contributed by atoms with van der Waals surface area (Å²) in [5, 5.41) is 25.8. The Morgan fingerprint density at radius 2 is 1.78 bits per heavy atom. The maximum absolute atomic E-state index is 9.67. The number of aliphatic hydroxyl groups is 1. The Bertz CT molecular complexity index is 516. The Hall–Kier alpha value is -1.72. The number of rotatable bonds is 10. The molecule has 0 saturated heterocycles. The molecule has 0 saturated carbocycles. The van der Waals surface area contributed by atoms with Gasteiger partial charge in [-0.1, -0.05) is 6.58 Å². The van der Waals surface area contributed by atoms with Gasteiger partial charge in [0, 0.05) is 43.4 Å². The van der Waals surface area contributed by atoms with Gasteiger partial charge in [0.2, 0.25) is 0 Å². The molecule has 1 atom stereocenters. The molecular weight excluding hydrogens is 290 g/mol. The standard InChI is InChI=1S/C18H31N3O2/c1-8-23-18(22)12(2)9-10-17(20)13(3)11-16(14(4)19)15(5)21(6)7/h11,18-20,22H,2,8-10H2,1,3-7H3/b13-11+,16-15-,19-14?,20-17?. The maximum Gasteiger partial charge on any atom is 0.176 e. The van der Waals surface area contributed by atoms with Crippen LogP contribution in [0.1, 0.15) is 40.5 Å². The average Bonchev–Trinajstić information content (AvgIpc) is 2.48. The third-order valence-electron chi connectivity index (χ3n) is 3.67. The number of hydrogen-bond acceptors (Lipinski definition) is 5. The Kier molecular flexibility index (Phi) is 9.37. The Labute approximate surface area is 140 Å². The molecule has 0 aliphatic carbocycles. The molecule has 0 rings (SSSR count). The van der Waals surface area contributed by atoms with E-state index in [0.29, 0.717) is 36.4 Å². The first-order valence-corrected chi connectivity index (χ1v) is 7.78. The fourth-order valence-corrected chi connectivity index (χ4v) is 1.91. The molecule has 0 aliphatic heterocycles. The maximum atomic E-state index is 9.67. The summed E-state index contributed by atoms with van der Waals surface area (Å²) in [6.45, 7) is 11.6. The van der Waals surface area contributed by atoms with Crippen molar-refractivity contribution in [2.45, 2.75) is 46.8 Å². The van der Waals surface area contributed by atoms with Crippen molar-refractivity contribution in [3.8, 4) is 0 Å². The smallest absolute Gasteiger partial charge is 0.176 e. The minimum absolute atomic E-state index is 0.424. The summed E-state index contributed by atoms with van der Waals surface area (Å²) in [4.78, 5) is 1.96. The quantitative estimate of drug-likeness (QED) is 0.249. The van der Waals surface area contributed by atoms with Gasteiger partial charge < -0.3 is 25.6 Å². The van der Waals surface area contributed by atoms with Gasteiger partial charge in [-0.05, 0) is 57.8 Å². The second-order valence-corrected chi connectivity index (χ2v) is 5.79. The van der Waals surface area contributed by atoms with Crippen molar-refractivity contribution in [2.75, 3.05) is 20.7 Å². The summed E-state index contributed by atoms with van der Waals surface area (Å²) in [6, 6.07) is 0. The molecule has 0 amide bonds. The lowest BCUT2D eigenvalue weighted by Gasteiger charge is -2.17. The summed E-state index contributed by atoms with van der Waals surface area (Å²) in [6.07, 6.45) is 1.89. The van der Waals surface area contributed by atoms with Gasteiger partial charge in [0.1, 0.15) is 0 Å². The third-order valence-corrected chi connectivity index (χ3v) is 3.67. The number of ether oxygens (including phenoxy) is 1. The Morgan fingerprint density at radius 1 is 1.22 bits per heavy atom. The van der Waals surface area contributed by atoms with Crippen molar-refractivity contribution >= 4 is 11.4 Å². The second-order valence-electron chi connectivity index (χ2n) is 5.79. The highest BCUT2D eigenvalue weighted by Crippen LogP contribution is 2.16. The van der Waals surface area contributed by atoms with E-state index in [4.69, 9.17) is 15.6 Å². The van der Waals surface area contributed by atoms with Crippen LogP contribution in [0.2, 0.25) is 0 Å².